The molecule has 0 aliphatic heterocycles. The van der Waals surface area contributed by atoms with Gasteiger partial charge in [0.2, 0.25) is 17.7 Å². The van der Waals surface area contributed by atoms with Crippen molar-refractivity contribution < 1.29 is 80.1 Å². The van der Waals surface area contributed by atoms with E-state index in [0.29, 0.717) is 82.2 Å². The molecule has 6 atom stereocenters. The first-order chi connectivity index (χ1) is 35.7. The number of thioether (sulfide) groups is 1. The van der Waals surface area contributed by atoms with Gasteiger partial charge in [-0.15, -0.1) is 16.7 Å². The van der Waals surface area contributed by atoms with E-state index in [2.05, 4.69) is 35.7 Å². The molecule has 7 aromatic rings. The van der Waals surface area contributed by atoms with Crippen molar-refractivity contribution in [1.82, 2.24) is 15.0 Å². The van der Waals surface area contributed by atoms with Crippen LogP contribution in [0.1, 0.15) is 138 Å². The van der Waals surface area contributed by atoms with E-state index in [1.54, 1.807) is 23.9 Å². The maximum atomic E-state index is 13.0. The molecule has 4 aromatic carbocycles. The van der Waals surface area contributed by atoms with E-state index < -0.39 is 48.1 Å². The fraction of sp³-hybridized carbons (Fsp3) is 0.500. The Morgan fingerprint density at radius 1 is 0.551 bits per heavy atom. The predicted octanol–water partition coefficient (Wildman–Crippen LogP) is 10.3. The van der Waals surface area contributed by atoms with Crippen LogP contribution in [0.2, 0.25) is 20.1 Å². The van der Waals surface area contributed by atoms with Crippen LogP contribution in [0.15, 0.2) is 81.4 Å². The molecule has 3 unspecified atom stereocenters. The van der Waals surface area contributed by atoms with Gasteiger partial charge in [0, 0.05) is 26.5 Å². The summed E-state index contributed by atoms with van der Waals surface area (Å²) in [6.07, 6.45) is 3.92. The van der Waals surface area contributed by atoms with Gasteiger partial charge >= 0.3 is 29.6 Å². The number of hydrogen-bond donors (Lipinski definition) is 5. The number of phenolic OH excluding ortho intramolecular Hbond substituents is 1. The standard InChI is InChI=1S/C16H20ClNO4S.C16H20ClNO2S.C11H14ClNO4S.C11H12ClNOS.Na/c1-16(2,3)15-18-10-8-7-9(17)14(13(10)22-15)23(20,21)12-6-4-5-11(12)19;1-16(2,3)15-18-10-8-7-9(17)14(13(10)20-15)21-12-6-4-5-11(12)19;12-6-4-5-7(13)10(15)11(6)18(16,17)9-3-1-2-8(9)14;1-11(2,3)10-13-7-5-4-6(12)9(15)8(7)14-10;/h7-8,11-12,19H,4-6H2,1-3H3;7-8,11-12,19H,4-6H2,1-3H3;4-5,8-9,14-15H,1-3,13H2;4-5,15H,1-3H3;/q;;;;+1/p-1/t2*11-,12?;8-,9?;;/m000../s1. The number of anilines is 1. The Bertz CT molecular complexity index is 3520. The first kappa shape index (κ1) is 64.6. The van der Waals surface area contributed by atoms with E-state index in [1.165, 1.54) is 18.2 Å². The molecule has 3 aliphatic rings. The Kier molecular flexibility index (Phi) is 20.8. The molecule has 78 heavy (non-hydrogen) atoms. The van der Waals surface area contributed by atoms with Gasteiger partial charge < -0.3 is 52.0 Å². The molecule has 420 valence electrons. The Morgan fingerprint density at radius 2 is 0.936 bits per heavy atom. The van der Waals surface area contributed by atoms with Crippen molar-refractivity contribution in [1.29, 1.82) is 0 Å². The number of aliphatic hydroxyl groups excluding tert-OH is 3. The van der Waals surface area contributed by atoms with Gasteiger partial charge in [-0.05, 0) is 106 Å². The predicted molar refractivity (Wildman–Crippen MR) is 307 cm³/mol. The van der Waals surface area contributed by atoms with Crippen LogP contribution < -0.4 is 35.3 Å². The van der Waals surface area contributed by atoms with Gasteiger partial charge in [0.05, 0.1) is 54.5 Å². The van der Waals surface area contributed by atoms with Gasteiger partial charge in [0.1, 0.15) is 31.9 Å². The molecule has 0 bridgehead atoms. The zero-order chi connectivity index (χ0) is 56.9. The number of halogens is 4. The molecule has 24 heteroatoms. The summed E-state index contributed by atoms with van der Waals surface area (Å²) in [4.78, 5) is 14.4. The van der Waals surface area contributed by atoms with E-state index in [9.17, 15) is 37.3 Å². The quantitative estimate of drug-likeness (QED) is 0.0449. The third-order valence-corrected chi connectivity index (χ3v) is 21.6. The number of aromatic hydroxyl groups is 1. The summed E-state index contributed by atoms with van der Waals surface area (Å²) in [5, 5.41) is 39.2. The summed E-state index contributed by atoms with van der Waals surface area (Å²) in [5.41, 5.74) is 8.44. The van der Waals surface area contributed by atoms with Gasteiger partial charge in [-0.3, -0.25) is 0 Å². The number of nitrogens with zero attached hydrogens (tertiary/aromatic N) is 3. The number of aromatic nitrogens is 3. The number of nitrogens with two attached hydrogens (primary N) is 1. The van der Waals surface area contributed by atoms with Gasteiger partial charge in [0.15, 0.2) is 36.6 Å². The van der Waals surface area contributed by atoms with Crippen molar-refractivity contribution in [3.05, 3.63) is 86.3 Å². The molecular weight excluding hydrogens is 1170 g/mol. The van der Waals surface area contributed by atoms with Crippen LogP contribution in [0.5, 0.6) is 5.75 Å². The first-order valence-electron chi connectivity index (χ1n) is 25.1. The average molecular weight is 1240 g/mol. The van der Waals surface area contributed by atoms with Gasteiger partial charge in [0.25, 0.3) is 0 Å². The van der Waals surface area contributed by atoms with Gasteiger partial charge in [-0.2, -0.15) is 0 Å². The number of benzene rings is 4. The fourth-order valence-electron chi connectivity index (χ4n) is 9.04. The van der Waals surface area contributed by atoms with Gasteiger partial charge in [-0.25, -0.2) is 31.8 Å². The molecule has 6 N–H and O–H groups in total. The summed E-state index contributed by atoms with van der Waals surface area (Å²) in [7, 11) is -7.68. The SMILES string of the molecule is CC(C)(C)c1nc2ccc(Cl)c(S(=O)(=O)C3CCC[C@@H]3O)c2o1.CC(C)(C)c1nc2ccc(Cl)c(SC3CCC[C@@H]3O)c2o1.CC(C)(C)c1nc2ccc(Cl)c([S-])c2o1.Nc1ccc(Cl)c(S(=O)(=O)C2CCC[C@@H]2O)c1O.[Na+]. The van der Waals surface area contributed by atoms with Crippen molar-refractivity contribution >= 4 is 129 Å². The number of rotatable bonds is 6. The Balaban J connectivity index is 0.000000169. The third-order valence-electron chi connectivity index (χ3n) is 13.3. The van der Waals surface area contributed by atoms with Crippen LogP contribution in [0, 0.1) is 0 Å². The second kappa shape index (κ2) is 25.1. The number of aliphatic hydroxyl groups is 3. The fourth-order valence-corrected chi connectivity index (χ4v) is 16.1. The summed E-state index contributed by atoms with van der Waals surface area (Å²) in [6, 6.07) is 13.2. The second-order valence-electron chi connectivity index (χ2n) is 22.6. The normalized spacial score (nSPS) is 20.9. The van der Waals surface area contributed by atoms with Crippen LogP contribution in [0.25, 0.3) is 33.3 Å². The van der Waals surface area contributed by atoms with Crippen LogP contribution in [0.4, 0.5) is 5.69 Å². The third kappa shape index (κ3) is 14.1. The molecule has 0 spiro atoms. The molecule has 3 fully saturated rings. The van der Waals surface area contributed by atoms with Crippen molar-refractivity contribution in [3.63, 3.8) is 0 Å². The van der Waals surface area contributed by atoms with E-state index >= 15 is 0 Å². The molecule has 0 amide bonds. The van der Waals surface area contributed by atoms with Crippen LogP contribution in [-0.2, 0) is 48.5 Å². The number of phenols is 1. The minimum Gasteiger partial charge on any atom is -0.775 e. The van der Waals surface area contributed by atoms with Crippen molar-refractivity contribution in [3.8, 4) is 5.75 Å². The second-order valence-corrected chi connectivity index (χ2v) is 30.1. The minimum atomic E-state index is -3.88. The van der Waals surface area contributed by atoms with E-state index in [-0.39, 0.29) is 88.3 Å². The van der Waals surface area contributed by atoms with Crippen molar-refractivity contribution in [2.24, 2.45) is 0 Å². The molecule has 10 rings (SSSR count). The number of fused-ring (bicyclic) bond motifs is 3. The van der Waals surface area contributed by atoms with Crippen LogP contribution >= 0.6 is 58.2 Å². The Morgan fingerprint density at radius 3 is 1.40 bits per heavy atom. The maximum absolute atomic E-state index is 13.0. The maximum Gasteiger partial charge on any atom is 1.00 e. The molecule has 0 radical (unpaired) electrons. The molecule has 3 aliphatic carbocycles. The molecule has 3 aromatic heterocycles. The average Bonchev–Trinajstić information content (AvgIpc) is 4.25. The Hall–Kier alpha value is -2.60. The number of hydrogen-bond acceptors (Lipinski definition) is 17. The number of oxazole rings is 3. The van der Waals surface area contributed by atoms with Gasteiger partial charge in [-0.1, -0.05) is 109 Å². The zero-order valence-electron chi connectivity index (χ0n) is 45.2. The smallest absolute Gasteiger partial charge is 0.775 e. The summed E-state index contributed by atoms with van der Waals surface area (Å²) in [6.45, 7) is 18.2. The van der Waals surface area contributed by atoms with E-state index in [0.717, 1.165) is 40.8 Å². The number of sulfone groups is 2. The van der Waals surface area contributed by atoms with Crippen LogP contribution in [0.3, 0.4) is 0 Å². The van der Waals surface area contributed by atoms with Crippen molar-refractivity contribution in [2.75, 3.05) is 5.73 Å². The van der Waals surface area contributed by atoms with Crippen LogP contribution in [-0.4, -0.2) is 86.3 Å². The first-order valence-corrected chi connectivity index (χ1v) is 31.0. The largest absolute Gasteiger partial charge is 1.00 e. The monoisotopic (exact) mass is 1240 g/mol. The summed E-state index contributed by atoms with van der Waals surface area (Å²) in [5.74, 6) is 1.32. The molecular formula is C54H65Cl4N4NaO11S4. The minimum absolute atomic E-state index is 0. The summed E-state index contributed by atoms with van der Waals surface area (Å²) >= 11 is 31.1. The molecule has 3 heterocycles. The van der Waals surface area contributed by atoms with Crippen molar-refractivity contribution in [2.45, 2.75) is 190 Å². The Labute approximate surface area is 507 Å². The van der Waals surface area contributed by atoms with E-state index in [1.807, 2.05) is 59.7 Å². The van der Waals surface area contributed by atoms with E-state index in [4.69, 9.17) is 78.0 Å². The summed E-state index contributed by atoms with van der Waals surface area (Å²) < 4.78 is 68.2. The zero-order valence-corrected chi connectivity index (χ0v) is 53.4. The topological polar surface area (TPSA) is 253 Å². The molecule has 0 saturated heterocycles. The molecule has 3 saturated carbocycles. The number of nitrogen functional groups attached to an aromatic ring is 1. The molecule has 15 nitrogen and oxygen atoms in total.